The Morgan fingerprint density at radius 1 is 1.62 bits per heavy atom. The Labute approximate surface area is 86.0 Å². The van der Waals surface area contributed by atoms with Crippen LogP contribution >= 0.6 is 27.5 Å². The molecule has 1 aromatic heterocycles. The minimum atomic E-state index is -2.73. The number of nitrogens with one attached hydrogen (secondary N) is 1. The fraction of sp³-hybridized carbons (Fsp3) is 0.286. The number of hydrogen-bond acceptors (Lipinski definition) is 1. The Morgan fingerprint density at radius 3 is 2.62 bits per heavy atom. The van der Waals surface area contributed by atoms with Gasteiger partial charge in [0.25, 0.3) is 12.0 Å². The third-order valence-electron chi connectivity index (χ3n) is 1.54. The maximum absolute atomic E-state index is 12.4. The van der Waals surface area contributed by atoms with Gasteiger partial charge in [-0.05, 0) is 0 Å². The molecule has 2 nitrogen and oxygen atoms in total. The summed E-state index contributed by atoms with van der Waals surface area (Å²) < 4.78 is 24.8. The van der Waals surface area contributed by atoms with Gasteiger partial charge in [0.2, 0.25) is 0 Å². The zero-order valence-corrected chi connectivity index (χ0v) is 8.62. The van der Waals surface area contributed by atoms with Crippen LogP contribution < -0.4 is 5.56 Å². The molecule has 13 heavy (non-hydrogen) atoms. The zero-order chi connectivity index (χ0) is 10.0. The van der Waals surface area contributed by atoms with E-state index in [9.17, 15) is 13.6 Å². The molecule has 0 aliphatic rings. The maximum atomic E-state index is 12.4. The number of rotatable bonds is 2. The lowest BCUT2D eigenvalue weighted by atomic mass is 10.1. The van der Waals surface area contributed by atoms with E-state index in [2.05, 4.69) is 20.9 Å². The summed E-state index contributed by atoms with van der Waals surface area (Å²) in [5, 5.41) is -0.0631. The molecule has 0 radical (unpaired) electrons. The first-order valence-electron chi connectivity index (χ1n) is 3.32. The van der Waals surface area contributed by atoms with E-state index in [0.717, 1.165) is 6.20 Å². The van der Waals surface area contributed by atoms with Crippen LogP contribution in [0.15, 0.2) is 11.0 Å². The van der Waals surface area contributed by atoms with E-state index in [0.29, 0.717) is 0 Å². The Kier molecular flexibility index (Phi) is 3.44. The molecule has 6 heteroatoms. The number of pyridine rings is 1. The topological polar surface area (TPSA) is 32.9 Å². The van der Waals surface area contributed by atoms with Crippen molar-refractivity contribution in [1.29, 1.82) is 0 Å². The molecule has 1 heterocycles. The summed E-state index contributed by atoms with van der Waals surface area (Å²) in [4.78, 5) is 13.3. The van der Waals surface area contributed by atoms with Crippen molar-refractivity contribution >= 4 is 27.5 Å². The monoisotopic (exact) mass is 271 g/mol. The maximum Gasteiger partial charge on any atom is 0.265 e. The molecule has 0 amide bonds. The number of halogens is 4. The zero-order valence-electron chi connectivity index (χ0n) is 6.28. The van der Waals surface area contributed by atoms with Gasteiger partial charge in [0.05, 0.1) is 5.02 Å². The van der Waals surface area contributed by atoms with Gasteiger partial charge in [0, 0.05) is 22.7 Å². The van der Waals surface area contributed by atoms with Crippen molar-refractivity contribution in [2.24, 2.45) is 0 Å². The van der Waals surface area contributed by atoms with Crippen LogP contribution in [-0.4, -0.2) is 4.98 Å². The van der Waals surface area contributed by atoms with E-state index in [1.54, 1.807) is 0 Å². The number of aromatic nitrogens is 1. The van der Waals surface area contributed by atoms with Crippen molar-refractivity contribution < 1.29 is 8.78 Å². The summed E-state index contributed by atoms with van der Waals surface area (Å²) in [6, 6.07) is 0. The first-order valence-corrected chi connectivity index (χ1v) is 4.82. The van der Waals surface area contributed by atoms with Gasteiger partial charge in [-0.2, -0.15) is 0 Å². The Hall–Kier alpha value is -0.420. The quantitative estimate of drug-likeness (QED) is 0.825. The van der Waals surface area contributed by atoms with E-state index >= 15 is 0 Å². The smallest absolute Gasteiger partial charge is 0.265 e. The molecule has 1 aromatic rings. The molecule has 0 aliphatic heterocycles. The third-order valence-corrected chi connectivity index (χ3v) is 2.41. The van der Waals surface area contributed by atoms with Crippen molar-refractivity contribution in [3.05, 3.63) is 32.7 Å². The van der Waals surface area contributed by atoms with Gasteiger partial charge in [-0.1, -0.05) is 27.5 Å². The lowest BCUT2D eigenvalue weighted by Crippen LogP contribution is -2.14. The lowest BCUT2D eigenvalue weighted by Gasteiger charge is -2.06. The molecular weight excluding hydrogens is 267 g/mol. The van der Waals surface area contributed by atoms with Crippen molar-refractivity contribution in [3.63, 3.8) is 0 Å². The SMILES string of the molecule is O=c1[nH]cc(Cl)c(C(F)F)c1CBr. The summed E-state index contributed by atoms with van der Waals surface area (Å²) in [6.45, 7) is 0. The number of hydrogen-bond donors (Lipinski definition) is 1. The second-order valence-corrected chi connectivity index (χ2v) is 3.26. The minimum Gasteiger partial charge on any atom is -0.327 e. The molecule has 0 fully saturated rings. The van der Waals surface area contributed by atoms with Crippen LogP contribution in [0.25, 0.3) is 0 Å². The normalized spacial score (nSPS) is 10.8. The fourth-order valence-electron chi connectivity index (χ4n) is 0.929. The molecule has 0 atom stereocenters. The first-order chi connectivity index (χ1) is 6.07. The molecule has 0 saturated carbocycles. The first kappa shape index (κ1) is 10.7. The van der Waals surface area contributed by atoms with Gasteiger partial charge in [-0.25, -0.2) is 8.78 Å². The van der Waals surface area contributed by atoms with Gasteiger partial charge in [0.1, 0.15) is 0 Å². The Bertz CT molecular complexity index is 366. The second-order valence-electron chi connectivity index (χ2n) is 2.29. The molecule has 72 valence electrons. The van der Waals surface area contributed by atoms with Crippen LogP contribution in [0.5, 0.6) is 0 Å². The molecule has 0 aromatic carbocycles. The summed E-state index contributed by atoms with van der Waals surface area (Å²) >= 11 is 8.45. The van der Waals surface area contributed by atoms with Crippen LogP contribution in [-0.2, 0) is 5.33 Å². The molecule has 1 N–H and O–H groups in total. The van der Waals surface area contributed by atoms with Crippen LogP contribution in [0.4, 0.5) is 8.78 Å². The predicted octanol–water partition coefficient (Wildman–Crippen LogP) is 2.86. The van der Waals surface area contributed by atoms with E-state index in [1.807, 2.05) is 0 Å². The van der Waals surface area contributed by atoms with Crippen LogP contribution in [0.3, 0.4) is 0 Å². The molecule has 0 saturated heterocycles. The Balaban J connectivity index is 3.44. The summed E-state index contributed by atoms with van der Waals surface area (Å²) in [7, 11) is 0. The van der Waals surface area contributed by atoms with Gasteiger partial charge in [0.15, 0.2) is 0 Å². The summed E-state index contributed by atoms with van der Waals surface area (Å²) in [5.41, 5.74) is -0.971. The van der Waals surface area contributed by atoms with Crippen molar-refractivity contribution in [2.75, 3.05) is 0 Å². The van der Waals surface area contributed by atoms with Crippen LogP contribution in [0.2, 0.25) is 5.02 Å². The number of aromatic amines is 1. The van der Waals surface area contributed by atoms with Crippen LogP contribution in [0, 0.1) is 0 Å². The van der Waals surface area contributed by atoms with Crippen LogP contribution in [0.1, 0.15) is 17.6 Å². The highest BCUT2D eigenvalue weighted by atomic mass is 79.9. The summed E-state index contributed by atoms with van der Waals surface area (Å²) in [6.07, 6.45) is -1.67. The molecular formula is C7H5BrClF2NO. The Morgan fingerprint density at radius 2 is 2.23 bits per heavy atom. The molecule has 0 spiro atoms. The number of H-pyrrole nitrogens is 1. The molecule has 0 bridgehead atoms. The number of alkyl halides is 3. The highest BCUT2D eigenvalue weighted by molar-refractivity contribution is 9.08. The largest absolute Gasteiger partial charge is 0.327 e. The van der Waals surface area contributed by atoms with Gasteiger partial charge >= 0.3 is 0 Å². The van der Waals surface area contributed by atoms with E-state index in [4.69, 9.17) is 11.6 Å². The lowest BCUT2D eigenvalue weighted by molar-refractivity contribution is 0.150. The average molecular weight is 272 g/mol. The average Bonchev–Trinajstić information content (AvgIpc) is 2.07. The van der Waals surface area contributed by atoms with Crippen molar-refractivity contribution in [1.82, 2.24) is 4.98 Å². The van der Waals surface area contributed by atoms with Crippen molar-refractivity contribution in [3.8, 4) is 0 Å². The molecule has 1 rings (SSSR count). The molecule has 0 unspecified atom stereocenters. The van der Waals surface area contributed by atoms with Gasteiger partial charge in [-0.3, -0.25) is 4.79 Å². The molecule has 0 aliphatic carbocycles. The predicted molar refractivity (Wildman–Crippen MR) is 49.7 cm³/mol. The van der Waals surface area contributed by atoms with E-state index in [-0.39, 0.29) is 15.9 Å². The highest BCUT2D eigenvalue weighted by Crippen LogP contribution is 2.28. The van der Waals surface area contributed by atoms with E-state index in [1.165, 1.54) is 0 Å². The minimum absolute atomic E-state index is 0.0255. The fourth-order valence-corrected chi connectivity index (χ4v) is 1.74. The van der Waals surface area contributed by atoms with E-state index < -0.39 is 17.5 Å². The standard InChI is InChI=1S/C7H5BrClF2NO/c8-1-3-5(6(10)11)4(9)2-12-7(3)13/h2,6H,1H2,(H,12,13). The highest BCUT2D eigenvalue weighted by Gasteiger charge is 2.18. The second kappa shape index (κ2) is 4.19. The van der Waals surface area contributed by atoms with Gasteiger partial charge < -0.3 is 4.98 Å². The third kappa shape index (κ3) is 2.08. The summed E-state index contributed by atoms with van der Waals surface area (Å²) in [5.74, 6) is 0. The van der Waals surface area contributed by atoms with Gasteiger partial charge in [-0.15, -0.1) is 0 Å². The van der Waals surface area contributed by atoms with Crippen molar-refractivity contribution in [2.45, 2.75) is 11.8 Å².